The largest absolute Gasteiger partial charge is 0.299 e. The van der Waals surface area contributed by atoms with E-state index in [2.05, 4.69) is 31.8 Å². The standard InChI is InChI=1S/C23H28FNO/c1-22(2,3)14-21(26)19-13-23(19)9-6-15(7-10-23)17-8-11-25-20-5-4-16(24)12-18(17)20/h4-5,8,11-12,15,19H,6-7,9-10,13-14H2,1-3H3. The predicted molar refractivity (Wildman–Crippen MR) is 103 cm³/mol. The average Bonchev–Trinajstić information content (AvgIpc) is 3.27. The van der Waals surface area contributed by atoms with Crippen molar-refractivity contribution in [2.24, 2.45) is 16.7 Å². The molecule has 1 aromatic heterocycles. The molecule has 2 aromatic rings. The molecule has 1 spiro atoms. The third-order valence-electron chi connectivity index (χ3n) is 6.44. The predicted octanol–water partition coefficient (Wildman–Crippen LogP) is 6.04. The van der Waals surface area contributed by atoms with Gasteiger partial charge in [-0.25, -0.2) is 4.39 Å². The Kier molecular flexibility index (Phi) is 4.17. The normalized spacial score (nSPS) is 28.5. The number of aromatic nitrogens is 1. The van der Waals surface area contributed by atoms with E-state index in [-0.39, 0.29) is 22.6 Å². The molecule has 2 aliphatic rings. The van der Waals surface area contributed by atoms with Crippen molar-refractivity contribution in [3.05, 3.63) is 41.8 Å². The quantitative estimate of drug-likeness (QED) is 0.673. The highest BCUT2D eigenvalue weighted by Gasteiger charge is 2.58. The highest BCUT2D eigenvalue weighted by Crippen LogP contribution is 2.64. The molecule has 0 amide bonds. The molecule has 1 aromatic carbocycles. The van der Waals surface area contributed by atoms with Gasteiger partial charge in [-0.05, 0) is 78.7 Å². The van der Waals surface area contributed by atoms with Gasteiger partial charge in [-0.2, -0.15) is 0 Å². The minimum absolute atomic E-state index is 0.0814. The summed E-state index contributed by atoms with van der Waals surface area (Å²) >= 11 is 0. The summed E-state index contributed by atoms with van der Waals surface area (Å²) in [5.41, 5.74) is 2.45. The smallest absolute Gasteiger partial charge is 0.137 e. The number of carbonyl (C=O) groups is 1. The van der Waals surface area contributed by atoms with Gasteiger partial charge >= 0.3 is 0 Å². The van der Waals surface area contributed by atoms with Crippen LogP contribution in [-0.4, -0.2) is 10.8 Å². The van der Waals surface area contributed by atoms with Crippen molar-refractivity contribution in [1.82, 2.24) is 4.98 Å². The first-order valence-electron chi connectivity index (χ1n) is 9.84. The highest BCUT2D eigenvalue weighted by atomic mass is 19.1. The Bertz CT molecular complexity index is 843. The summed E-state index contributed by atoms with van der Waals surface area (Å²) < 4.78 is 13.7. The molecule has 1 heterocycles. The van der Waals surface area contributed by atoms with Gasteiger partial charge in [0.25, 0.3) is 0 Å². The Morgan fingerprint density at radius 3 is 2.65 bits per heavy atom. The maximum atomic E-state index is 13.7. The summed E-state index contributed by atoms with van der Waals surface area (Å²) in [6.07, 6.45) is 8.04. The first-order valence-corrected chi connectivity index (χ1v) is 9.84. The molecule has 1 unspecified atom stereocenters. The van der Waals surface area contributed by atoms with E-state index >= 15 is 0 Å². The lowest BCUT2D eigenvalue weighted by Gasteiger charge is -2.30. The van der Waals surface area contributed by atoms with Crippen LogP contribution in [0.25, 0.3) is 10.9 Å². The van der Waals surface area contributed by atoms with Crippen LogP contribution in [0.5, 0.6) is 0 Å². The van der Waals surface area contributed by atoms with Gasteiger partial charge in [0.05, 0.1) is 5.52 Å². The molecule has 138 valence electrons. The Balaban J connectivity index is 1.47. The third-order valence-corrected chi connectivity index (χ3v) is 6.44. The molecule has 2 saturated carbocycles. The van der Waals surface area contributed by atoms with Crippen LogP contribution in [0, 0.1) is 22.6 Å². The second kappa shape index (κ2) is 6.14. The number of hydrogen-bond donors (Lipinski definition) is 0. The number of carbonyl (C=O) groups excluding carboxylic acids is 1. The van der Waals surface area contributed by atoms with Crippen molar-refractivity contribution in [2.75, 3.05) is 0 Å². The van der Waals surface area contributed by atoms with Crippen molar-refractivity contribution in [3.63, 3.8) is 0 Å². The van der Waals surface area contributed by atoms with E-state index in [0.29, 0.717) is 18.1 Å². The molecule has 0 N–H and O–H groups in total. The zero-order valence-electron chi connectivity index (χ0n) is 16.0. The lowest BCUT2D eigenvalue weighted by molar-refractivity contribution is -0.123. The zero-order chi connectivity index (χ0) is 18.5. The first-order chi connectivity index (χ1) is 12.3. The van der Waals surface area contributed by atoms with Gasteiger partial charge in [0.15, 0.2) is 0 Å². The Morgan fingerprint density at radius 1 is 1.23 bits per heavy atom. The number of benzene rings is 1. The van der Waals surface area contributed by atoms with Gasteiger partial charge in [-0.1, -0.05) is 20.8 Å². The van der Waals surface area contributed by atoms with Gasteiger partial charge in [-0.3, -0.25) is 9.78 Å². The monoisotopic (exact) mass is 353 g/mol. The van der Waals surface area contributed by atoms with Gasteiger partial charge in [0.2, 0.25) is 0 Å². The number of halogens is 1. The van der Waals surface area contributed by atoms with Gasteiger partial charge in [0.1, 0.15) is 11.6 Å². The maximum Gasteiger partial charge on any atom is 0.137 e. The summed E-state index contributed by atoms with van der Waals surface area (Å²) in [5.74, 6) is 1.00. The maximum absolute atomic E-state index is 13.7. The van der Waals surface area contributed by atoms with Crippen LogP contribution in [0.15, 0.2) is 30.5 Å². The lowest BCUT2D eigenvalue weighted by atomic mass is 9.74. The van der Waals surface area contributed by atoms with Crippen molar-refractivity contribution in [3.8, 4) is 0 Å². The molecular formula is C23H28FNO. The Hall–Kier alpha value is -1.77. The Labute approximate surface area is 155 Å². The molecule has 0 aliphatic heterocycles. The molecule has 2 nitrogen and oxygen atoms in total. The molecule has 26 heavy (non-hydrogen) atoms. The van der Waals surface area contributed by atoms with E-state index in [9.17, 15) is 9.18 Å². The van der Waals surface area contributed by atoms with Crippen LogP contribution >= 0.6 is 0 Å². The summed E-state index contributed by atoms with van der Waals surface area (Å²) in [4.78, 5) is 17.0. The number of nitrogens with zero attached hydrogens (tertiary/aromatic N) is 1. The number of Topliss-reactive ketones (excluding diaryl/α,β-unsaturated/α-hetero) is 1. The van der Waals surface area contributed by atoms with E-state index < -0.39 is 0 Å². The second-order valence-corrected chi connectivity index (χ2v) is 9.66. The van der Waals surface area contributed by atoms with Gasteiger partial charge in [-0.15, -0.1) is 0 Å². The molecule has 2 aliphatic carbocycles. The fourth-order valence-electron chi connectivity index (χ4n) is 5.00. The van der Waals surface area contributed by atoms with Crippen LogP contribution in [0.1, 0.15) is 70.8 Å². The van der Waals surface area contributed by atoms with Gasteiger partial charge < -0.3 is 0 Å². The summed E-state index contributed by atoms with van der Waals surface area (Å²) in [6, 6.07) is 6.92. The minimum Gasteiger partial charge on any atom is -0.299 e. The van der Waals surface area contributed by atoms with Crippen molar-refractivity contribution < 1.29 is 9.18 Å². The fraction of sp³-hybridized carbons (Fsp3) is 0.565. The molecule has 0 bridgehead atoms. The average molecular weight is 353 g/mol. The van der Waals surface area contributed by atoms with Crippen LogP contribution in [0.3, 0.4) is 0 Å². The summed E-state index contributed by atoms with van der Waals surface area (Å²) in [5, 5.41) is 0.949. The van der Waals surface area contributed by atoms with E-state index in [1.807, 2.05) is 6.20 Å². The second-order valence-electron chi connectivity index (χ2n) is 9.66. The number of fused-ring (bicyclic) bond motifs is 1. The third kappa shape index (κ3) is 3.28. The minimum atomic E-state index is -0.200. The molecule has 0 saturated heterocycles. The number of ketones is 1. The van der Waals surface area contributed by atoms with Crippen molar-refractivity contribution in [2.45, 2.75) is 65.2 Å². The Morgan fingerprint density at radius 2 is 1.96 bits per heavy atom. The van der Waals surface area contributed by atoms with Crippen molar-refractivity contribution >= 4 is 16.7 Å². The van der Waals surface area contributed by atoms with Crippen LogP contribution < -0.4 is 0 Å². The molecule has 0 radical (unpaired) electrons. The topological polar surface area (TPSA) is 30.0 Å². The van der Waals surface area contributed by atoms with Gasteiger partial charge in [0, 0.05) is 23.9 Å². The number of hydrogen-bond acceptors (Lipinski definition) is 2. The molecule has 2 fully saturated rings. The SMILES string of the molecule is CC(C)(C)CC(=O)C1CC12CCC(c1ccnc3ccc(F)cc13)CC2. The fourth-order valence-corrected chi connectivity index (χ4v) is 5.00. The van der Waals surface area contributed by atoms with E-state index in [0.717, 1.165) is 43.0 Å². The van der Waals surface area contributed by atoms with Crippen LogP contribution in [0.2, 0.25) is 0 Å². The van der Waals surface area contributed by atoms with E-state index in [4.69, 9.17) is 0 Å². The first kappa shape index (κ1) is 17.6. The molecular weight excluding hydrogens is 325 g/mol. The zero-order valence-corrected chi connectivity index (χ0v) is 16.0. The van der Waals surface area contributed by atoms with E-state index in [1.54, 1.807) is 12.1 Å². The van der Waals surface area contributed by atoms with Crippen LogP contribution in [0.4, 0.5) is 4.39 Å². The highest BCUT2D eigenvalue weighted by molar-refractivity contribution is 5.85. The van der Waals surface area contributed by atoms with Crippen LogP contribution in [-0.2, 0) is 4.79 Å². The number of pyridine rings is 1. The molecule has 4 rings (SSSR count). The van der Waals surface area contributed by atoms with E-state index in [1.165, 1.54) is 11.6 Å². The van der Waals surface area contributed by atoms with Crippen molar-refractivity contribution in [1.29, 1.82) is 0 Å². The summed E-state index contributed by atoms with van der Waals surface area (Å²) in [7, 11) is 0. The number of rotatable bonds is 3. The molecule has 1 atom stereocenters. The lowest BCUT2D eigenvalue weighted by Crippen LogP contribution is -2.21. The molecule has 3 heteroatoms. The summed E-state index contributed by atoms with van der Waals surface area (Å²) in [6.45, 7) is 6.43.